The molecule has 0 spiro atoms. The minimum atomic E-state index is 0.979. The van der Waals surface area contributed by atoms with Gasteiger partial charge in [-0.2, -0.15) is 0 Å². The summed E-state index contributed by atoms with van der Waals surface area (Å²) < 4.78 is 3.28. The first-order valence-corrected chi connectivity index (χ1v) is 21.0. The van der Waals surface area contributed by atoms with E-state index in [1.165, 1.54) is 16.7 Å². The second-order valence-electron chi connectivity index (χ2n) is 14.5. The second-order valence-corrected chi connectivity index (χ2v) is 15.4. The molecule has 0 radical (unpaired) electrons. The van der Waals surface area contributed by atoms with E-state index in [4.69, 9.17) is 0 Å². The lowest BCUT2D eigenvalue weighted by atomic mass is 10.0. The van der Waals surface area contributed by atoms with Crippen molar-refractivity contribution in [3.63, 3.8) is 0 Å². The molecule has 0 aliphatic carbocycles. The lowest BCUT2D eigenvalue weighted by molar-refractivity contribution is 1.11. The standard InChI is InChI=1S/C49H38BrN3.C7H8/c1-3-17-46-47-35-43(30-31-49(47)53(48(46)4-2)41-24-15-8-16-25-41)52(40-22-13-7-14-23-40)45-33-38(50)32-44(34-45)51(39-20-11-6-12-21-39)42-28-26-37(27-29-42)36-18-9-5-10-19-36;1-7-5-3-2-4-6-7/h3-35H,2H2,1H3;2-6H,1H3/b17-3-;. The number of aromatic nitrogens is 1. The lowest BCUT2D eigenvalue weighted by Crippen LogP contribution is -2.13. The van der Waals surface area contributed by atoms with Crippen LogP contribution >= 0.6 is 15.9 Å². The number of rotatable bonds is 10. The molecule has 0 saturated carbocycles. The summed E-state index contributed by atoms with van der Waals surface area (Å²) in [5.41, 5.74) is 14.5. The summed E-state index contributed by atoms with van der Waals surface area (Å²) >= 11 is 3.93. The molecule has 0 aliphatic heterocycles. The van der Waals surface area contributed by atoms with Crippen LogP contribution in [0.4, 0.5) is 34.1 Å². The van der Waals surface area contributed by atoms with Crippen molar-refractivity contribution >= 4 is 73.1 Å². The molecule has 60 heavy (non-hydrogen) atoms. The topological polar surface area (TPSA) is 11.4 Å². The molecule has 1 heterocycles. The number of halogens is 1. The van der Waals surface area contributed by atoms with Gasteiger partial charge in [0.05, 0.1) is 11.2 Å². The van der Waals surface area contributed by atoms with Crippen LogP contribution in [-0.4, -0.2) is 4.57 Å². The zero-order valence-corrected chi connectivity index (χ0v) is 35.5. The Morgan fingerprint density at radius 3 is 1.47 bits per heavy atom. The van der Waals surface area contributed by atoms with E-state index in [1.54, 1.807) is 0 Å². The molecule has 0 unspecified atom stereocenters. The fourth-order valence-corrected chi connectivity index (χ4v) is 8.16. The second kappa shape index (κ2) is 18.6. The van der Waals surface area contributed by atoms with Crippen molar-refractivity contribution in [3.8, 4) is 16.8 Å². The maximum atomic E-state index is 4.24. The van der Waals surface area contributed by atoms with Crippen LogP contribution in [0, 0.1) is 6.92 Å². The number of allylic oxidation sites excluding steroid dienone is 1. The van der Waals surface area contributed by atoms with E-state index in [-0.39, 0.29) is 0 Å². The largest absolute Gasteiger partial charge is 0.310 e. The van der Waals surface area contributed by atoms with Gasteiger partial charge in [0.25, 0.3) is 0 Å². The fraction of sp³-hybridized carbons (Fsp3) is 0.0357. The van der Waals surface area contributed by atoms with Crippen LogP contribution in [0.2, 0.25) is 0 Å². The highest BCUT2D eigenvalue weighted by Crippen LogP contribution is 2.44. The number of fused-ring (bicyclic) bond motifs is 1. The molecule has 8 aromatic carbocycles. The Morgan fingerprint density at radius 2 is 0.950 bits per heavy atom. The third-order valence-electron chi connectivity index (χ3n) is 10.4. The Labute approximate surface area is 362 Å². The van der Waals surface area contributed by atoms with Crippen LogP contribution in [0.1, 0.15) is 23.7 Å². The highest BCUT2D eigenvalue weighted by molar-refractivity contribution is 9.10. The number of para-hydroxylation sites is 3. The Balaban J connectivity index is 0.000000648. The van der Waals surface area contributed by atoms with Crippen molar-refractivity contribution in [3.05, 3.63) is 246 Å². The monoisotopic (exact) mass is 839 g/mol. The van der Waals surface area contributed by atoms with Crippen LogP contribution < -0.4 is 9.80 Å². The zero-order chi connectivity index (χ0) is 41.3. The molecule has 4 heteroatoms. The SMILES string of the molecule is C=Cc1c(/C=C\C)c2cc(N(c3ccccc3)c3cc(Br)cc(N(c4ccccc4)c4ccc(-c5ccccc5)cc4)c3)ccc2n1-c1ccccc1.Cc1ccccc1. The Morgan fingerprint density at radius 1 is 0.483 bits per heavy atom. The molecule has 0 atom stereocenters. The van der Waals surface area contributed by atoms with Crippen molar-refractivity contribution in [1.82, 2.24) is 4.57 Å². The van der Waals surface area contributed by atoms with E-state index in [0.717, 1.165) is 66.4 Å². The van der Waals surface area contributed by atoms with Gasteiger partial charge in [0.2, 0.25) is 0 Å². The molecule has 0 fully saturated rings. The van der Waals surface area contributed by atoms with Gasteiger partial charge >= 0.3 is 0 Å². The summed E-state index contributed by atoms with van der Waals surface area (Å²) in [6.07, 6.45) is 6.25. The highest BCUT2D eigenvalue weighted by atomic mass is 79.9. The van der Waals surface area contributed by atoms with E-state index >= 15 is 0 Å². The Kier molecular flexibility index (Phi) is 12.3. The van der Waals surface area contributed by atoms with Crippen LogP contribution in [0.5, 0.6) is 0 Å². The number of nitrogens with zero attached hydrogens (tertiary/aromatic N) is 3. The van der Waals surface area contributed by atoms with E-state index in [2.05, 4.69) is 257 Å². The minimum absolute atomic E-state index is 0.979. The van der Waals surface area contributed by atoms with Crippen molar-refractivity contribution < 1.29 is 0 Å². The summed E-state index contributed by atoms with van der Waals surface area (Å²) in [6, 6.07) is 74.6. The third-order valence-corrected chi connectivity index (χ3v) is 10.9. The summed E-state index contributed by atoms with van der Waals surface area (Å²) in [5.74, 6) is 0. The number of aryl methyl sites for hydroxylation is 1. The minimum Gasteiger partial charge on any atom is -0.310 e. The van der Waals surface area contributed by atoms with Crippen LogP contribution in [0.25, 0.3) is 39.9 Å². The van der Waals surface area contributed by atoms with E-state index in [1.807, 2.05) is 24.3 Å². The van der Waals surface area contributed by atoms with Gasteiger partial charge < -0.3 is 14.4 Å². The number of benzene rings is 8. The van der Waals surface area contributed by atoms with E-state index in [9.17, 15) is 0 Å². The Bertz CT molecular complexity index is 2830. The van der Waals surface area contributed by atoms with E-state index < -0.39 is 0 Å². The van der Waals surface area contributed by atoms with Gasteiger partial charge in [0, 0.05) is 55.2 Å². The average molecular weight is 841 g/mol. The maximum Gasteiger partial charge on any atom is 0.0542 e. The quantitative estimate of drug-likeness (QED) is 0.136. The molecule has 0 aliphatic rings. The van der Waals surface area contributed by atoms with Gasteiger partial charge in [-0.15, -0.1) is 0 Å². The van der Waals surface area contributed by atoms with E-state index in [0.29, 0.717) is 0 Å². The van der Waals surface area contributed by atoms with Crippen molar-refractivity contribution in [1.29, 1.82) is 0 Å². The number of anilines is 6. The van der Waals surface area contributed by atoms with Crippen LogP contribution in [0.3, 0.4) is 0 Å². The van der Waals surface area contributed by atoms with Crippen LogP contribution in [0.15, 0.2) is 229 Å². The first-order chi connectivity index (χ1) is 29.5. The van der Waals surface area contributed by atoms with Gasteiger partial charge in [-0.25, -0.2) is 0 Å². The summed E-state index contributed by atoms with van der Waals surface area (Å²) in [7, 11) is 0. The molecule has 3 nitrogen and oxygen atoms in total. The zero-order valence-electron chi connectivity index (χ0n) is 33.9. The molecule has 0 amide bonds. The predicted molar refractivity (Wildman–Crippen MR) is 262 cm³/mol. The predicted octanol–water partition coefficient (Wildman–Crippen LogP) is 16.7. The summed E-state index contributed by atoms with van der Waals surface area (Å²) in [6.45, 7) is 8.39. The van der Waals surface area contributed by atoms with Gasteiger partial charge in [0.15, 0.2) is 0 Å². The molecular weight excluding hydrogens is 795 g/mol. The molecule has 0 saturated heterocycles. The fourth-order valence-electron chi connectivity index (χ4n) is 7.69. The van der Waals surface area contributed by atoms with Crippen LogP contribution in [-0.2, 0) is 0 Å². The third kappa shape index (κ3) is 8.66. The van der Waals surface area contributed by atoms with Gasteiger partial charge in [-0.05, 0) is 116 Å². The smallest absolute Gasteiger partial charge is 0.0542 e. The summed E-state index contributed by atoms with van der Waals surface area (Å²) in [5, 5.41) is 1.15. The van der Waals surface area contributed by atoms with Gasteiger partial charge in [-0.1, -0.05) is 168 Å². The average Bonchev–Trinajstić information content (AvgIpc) is 3.61. The molecule has 0 N–H and O–H groups in total. The molecule has 1 aromatic heterocycles. The normalized spacial score (nSPS) is 10.9. The molecule has 9 aromatic rings. The lowest BCUT2D eigenvalue weighted by Gasteiger charge is -2.30. The number of hydrogen-bond donors (Lipinski definition) is 0. The first-order valence-electron chi connectivity index (χ1n) is 20.2. The maximum absolute atomic E-state index is 4.24. The number of hydrogen-bond acceptors (Lipinski definition) is 2. The van der Waals surface area contributed by atoms with Gasteiger partial charge in [0.1, 0.15) is 0 Å². The van der Waals surface area contributed by atoms with Crippen molar-refractivity contribution in [2.24, 2.45) is 0 Å². The highest BCUT2D eigenvalue weighted by Gasteiger charge is 2.21. The summed E-state index contributed by atoms with van der Waals surface area (Å²) in [4.78, 5) is 4.65. The first kappa shape index (κ1) is 39.7. The molecule has 292 valence electrons. The molecular formula is C56H46BrN3. The van der Waals surface area contributed by atoms with Crippen molar-refractivity contribution in [2.45, 2.75) is 13.8 Å². The van der Waals surface area contributed by atoms with Gasteiger partial charge in [-0.3, -0.25) is 0 Å². The molecule has 9 rings (SSSR count). The van der Waals surface area contributed by atoms with Crippen molar-refractivity contribution in [2.75, 3.05) is 9.80 Å². The Hall–Kier alpha value is -7.14. The molecule has 0 bridgehead atoms.